The van der Waals surface area contributed by atoms with Crippen molar-refractivity contribution in [2.75, 3.05) is 0 Å². The van der Waals surface area contributed by atoms with Gasteiger partial charge in [-0.05, 0) is 51.8 Å². The van der Waals surface area contributed by atoms with Crippen molar-refractivity contribution in [2.45, 2.75) is 70.0 Å². The van der Waals surface area contributed by atoms with E-state index in [2.05, 4.69) is 4.72 Å². The van der Waals surface area contributed by atoms with E-state index >= 15 is 0 Å². The Balaban J connectivity index is 2.79. The van der Waals surface area contributed by atoms with Crippen LogP contribution in [-0.4, -0.2) is 36.4 Å². The highest BCUT2D eigenvalue weighted by Gasteiger charge is 2.36. The molecule has 0 aromatic rings. The van der Waals surface area contributed by atoms with Crippen LogP contribution in [0.1, 0.15) is 53.4 Å². The zero-order valence-corrected chi connectivity index (χ0v) is 13.1. The molecule has 0 aromatic heterocycles. The van der Waals surface area contributed by atoms with Crippen LogP contribution in [0.2, 0.25) is 5.82 Å². The first kappa shape index (κ1) is 16.9. The Hall–Kier alpha value is -0.105. The smallest absolute Gasteiger partial charge is 0.427 e. The molecular weight excluding hydrogens is 265 g/mol. The summed E-state index contributed by atoms with van der Waals surface area (Å²) >= 11 is 0. The molecule has 0 spiro atoms. The van der Waals surface area contributed by atoms with Crippen LogP contribution >= 0.6 is 0 Å². The summed E-state index contributed by atoms with van der Waals surface area (Å²) in [5.41, 5.74) is -0.482. The van der Waals surface area contributed by atoms with E-state index in [9.17, 15) is 18.5 Å². The number of nitrogens with one attached hydrogen (secondary N) is 1. The van der Waals surface area contributed by atoms with Crippen molar-refractivity contribution >= 4 is 17.1 Å². The number of hydrogen-bond acceptors (Lipinski definition) is 4. The van der Waals surface area contributed by atoms with E-state index in [1.165, 1.54) is 0 Å². The lowest BCUT2D eigenvalue weighted by Crippen LogP contribution is -2.45. The fourth-order valence-electron chi connectivity index (χ4n) is 2.76. The van der Waals surface area contributed by atoms with Crippen LogP contribution in [0.5, 0.6) is 0 Å². The molecule has 3 atom stereocenters. The molecule has 3 unspecified atom stereocenters. The minimum atomic E-state index is -3.36. The zero-order valence-electron chi connectivity index (χ0n) is 12.3. The third-order valence-electron chi connectivity index (χ3n) is 3.54. The van der Waals surface area contributed by atoms with E-state index in [-0.39, 0.29) is 11.7 Å². The number of sulfonamides is 1. The highest BCUT2D eigenvalue weighted by Crippen LogP contribution is 2.35. The Morgan fingerprint density at radius 2 is 1.74 bits per heavy atom. The lowest BCUT2D eigenvalue weighted by Gasteiger charge is -2.25. The lowest BCUT2D eigenvalue weighted by molar-refractivity contribution is 0.363. The Labute approximate surface area is 117 Å². The Morgan fingerprint density at radius 3 is 2.21 bits per heavy atom. The molecule has 19 heavy (non-hydrogen) atoms. The van der Waals surface area contributed by atoms with Crippen molar-refractivity contribution in [2.24, 2.45) is 5.92 Å². The van der Waals surface area contributed by atoms with Gasteiger partial charge in [0.2, 0.25) is 10.0 Å². The largest absolute Gasteiger partial charge is 0.454 e. The number of rotatable bonds is 3. The van der Waals surface area contributed by atoms with Crippen molar-refractivity contribution in [1.29, 1.82) is 0 Å². The predicted molar refractivity (Wildman–Crippen MR) is 77.2 cm³/mol. The van der Waals surface area contributed by atoms with E-state index in [1.807, 2.05) is 27.7 Å². The molecule has 0 heterocycles. The van der Waals surface area contributed by atoms with Gasteiger partial charge in [-0.2, -0.15) is 0 Å². The van der Waals surface area contributed by atoms with Crippen LogP contribution in [0.15, 0.2) is 0 Å². The number of hydrogen-bond donors (Lipinski definition) is 3. The van der Waals surface area contributed by atoms with Gasteiger partial charge in [-0.25, -0.2) is 13.1 Å². The van der Waals surface area contributed by atoms with Gasteiger partial charge in [-0.15, -0.1) is 0 Å². The van der Waals surface area contributed by atoms with Gasteiger partial charge in [0.25, 0.3) is 0 Å². The molecule has 0 saturated heterocycles. The third-order valence-corrected chi connectivity index (χ3v) is 5.74. The van der Waals surface area contributed by atoms with Crippen molar-refractivity contribution in [3.63, 3.8) is 0 Å². The molecule has 0 amide bonds. The SMILES string of the molecule is CC1CC(B(O)O)CCC(S(=O)(=O)NC(C)(C)C)C1. The summed E-state index contributed by atoms with van der Waals surface area (Å²) in [6.07, 6.45) is 2.27. The minimum Gasteiger partial charge on any atom is -0.427 e. The summed E-state index contributed by atoms with van der Waals surface area (Å²) < 4.78 is 27.4. The molecule has 1 rings (SSSR count). The molecule has 112 valence electrons. The molecule has 0 bridgehead atoms. The van der Waals surface area contributed by atoms with E-state index < -0.39 is 27.9 Å². The van der Waals surface area contributed by atoms with Crippen LogP contribution < -0.4 is 4.72 Å². The molecule has 0 aromatic carbocycles. The van der Waals surface area contributed by atoms with Crippen molar-refractivity contribution in [1.82, 2.24) is 4.72 Å². The first-order valence-electron chi connectivity index (χ1n) is 6.90. The Kier molecular flexibility index (Phi) is 5.46. The second-order valence-corrected chi connectivity index (χ2v) is 8.81. The van der Waals surface area contributed by atoms with Crippen molar-refractivity contribution in [3.05, 3.63) is 0 Å². The average molecular weight is 291 g/mol. The average Bonchev–Trinajstić information content (AvgIpc) is 2.36. The maximum atomic E-state index is 12.3. The second-order valence-electron chi connectivity index (χ2n) is 6.85. The van der Waals surface area contributed by atoms with E-state index in [4.69, 9.17) is 0 Å². The highest BCUT2D eigenvalue weighted by atomic mass is 32.2. The van der Waals surface area contributed by atoms with Crippen molar-refractivity contribution in [3.8, 4) is 0 Å². The highest BCUT2D eigenvalue weighted by molar-refractivity contribution is 7.90. The molecular formula is C12H26BNO4S. The van der Waals surface area contributed by atoms with Gasteiger partial charge in [0.05, 0.1) is 5.25 Å². The van der Waals surface area contributed by atoms with Crippen molar-refractivity contribution < 1.29 is 18.5 Å². The molecule has 5 nitrogen and oxygen atoms in total. The van der Waals surface area contributed by atoms with Gasteiger partial charge in [0.1, 0.15) is 0 Å². The second kappa shape index (κ2) is 6.12. The minimum absolute atomic E-state index is 0.177. The summed E-state index contributed by atoms with van der Waals surface area (Å²) in [6.45, 7) is 7.45. The molecule has 0 radical (unpaired) electrons. The quantitative estimate of drug-likeness (QED) is 0.537. The Bertz CT molecular complexity index is 391. The molecule has 1 aliphatic rings. The van der Waals surface area contributed by atoms with Crippen LogP contribution in [0.3, 0.4) is 0 Å². The first-order valence-corrected chi connectivity index (χ1v) is 8.45. The molecule has 0 aliphatic heterocycles. The summed E-state index contributed by atoms with van der Waals surface area (Å²) in [4.78, 5) is 0. The van der Waals surface area contributed by atoms with Crippen LogP contribution in [0, 0.1) is 5.92 Å². The zero-order chi connectivity index (χ0) is 14.8. The fraction of sp³-hybridized carbons (Fsp3) is 1.00. The monoisotopic (exact) mass is 291 g/mol. The van der Waals surface area contributed by atoms with E-state index in [0.717, 1.165) is 0 Å². The predicted octanol–water partition coefficient (Wildman–Crippen LogP) is 1.13. The molecule has 1 fully saturated rings. The van der Waals surface area contributed by atoms with Gasteiger partial charge in [-0.3, -0.25) is 0 Å². The van der Waals surface area contributed by atoms with Gasteiger partial charge >= 0.3 is 7.12 Å². The molecule has 1 aliphatic carbocycles. The van der Waals surface area contributed by atoms with Gasteiger partial charge in [0.15, 0.2) is 0 Å². The third kappa shape index (κ3) is 5.42. The normalized spacial score (nSPS) is 29.9. The van der Waals surface area contributed by atoms with Crippen LogP contribution in [0.4, 0.5) is 0 Å². The molecule has 3 N–H and O–H groups in total. The summed E-state index contributed by atoms with van der Waals surface area (Å²) in [7, 11) is -4.71. The Morgan fingerprint density at radius 1 is 1.16 bits per heavy atom. The van der Waals surface area contributed by atoms with Gasteiger partial charge in [-0.1, -0.05) is 13.3 Å². The topological polar surface area (TPSA) is 86.6 Å². The summed E-state index contributed by atoms with van der Waals surface area (Å²) in [5, 5.41) is 18.1. The summed E-state index contributed by atoms with van der Waals surface area (Å²) in [6, 6.07) is 0. The summed E-state index contributed by atoms with van der Waals surface area (Å²) in [5.74, 6) is -0.0410. The molecule has 7 heteroatoms. The first-order chi connectivity index (χ1) is 8.51. The standard InChI is InChI=1S/C12H26BNO4S/c1-9-7-10(13(15)16)5-6-11(8-9)19(17,18)14-12(2,3)4/h9-11,14-16H,5-8H2,1-4H3. The maximum Gasteiger partial charge on any atom is 0.454 e. The van der Waals surface area contributed by atoms with E-state index in [1.54, 1.807) is 0 Å². The van der Waals surface area contributed by atoms with Gasteiger partial charge < -0.3 is 10.0 Å². The maximum absolute atomic E-state index is 12.3. The van der Waals surface area contributed by atoms with Crippen LogP contribution in [-0.2, 0) is 10.0 Å². The van der Waals surface area contributed by atoms with Crippen LogP contribution in [0.25, 0.3) is 0 Å². The van der Waals surface area contributed by atoms with Gasteiger partial charge in [0, 0.05) is 5.54 Å². The fourth-order valence-corrected chi connectivity index (χ4v) is 4.81. The molecule has 1 saturated carbocycles. The lowest BCUT2D eigenvalue weighted by atomic mass is 9.67. The van der Waals surface area contributed by atoms with E-state index in [0.29, 0.717) is 25.7 Å².